The van der Waals surface area contributed by atoms with Crippen molar-refractivity contribution in [2.45, 2.75) is 38.0 Å². The highest BCUT2D eigenvalue weighted by atomic mass is 32.2. The molecular weight excluding hydrogens is 517 g/mol. The Balaban J connectivity index is 1.55. The molecule has 8 nitrogen and oxygen atoms in total. The molecule has 1 N–H and O–H groups in total. The van der Waals surface area contributed by atoms with Crippen molar-refractivity contribution < 1.29 is 21.6 Å². The molecule has 12 heteroatoms. The van der Waals surface area contributed by atoms with Gasteiger partial charge in [0.2, 0.25) is 10.0 Å². The van der Waals surface area contributed by atoms with Crippen molar-refractivity contribution in [2.75, 3.05) is 22.4 Å². The van der Waals surface area contributed by atoms with E-state index in [4.69, 9.17) is 0 Å². The van der Waals surface area contributed by atoms with E-state index in [0.29, 0.717) is 11.3 Å². The number of alkyl halides is 3. The highest BCUT2D eigenvalue weighted by molar-refractivity contribution is 7.92. The van der Waals surface area contributed by atoms with Crippen LogP contribution in [-0.2, 0) is 23.0 Å². The summed E-state index contributed by atoms with van der Waals surface area (Å²) in [6.45, 7) is 0.501. The number of aryl methyl sites for hydroxylation is 1. The van der Waals surface area contributed by atoms with Crippen LogP contribution in [0.4, 0.5) is 24.7 Å². The highest BCUT2D eigenvalue weighted by Gasteiger charge is 2.32. The zero-order valence-electron chi connectivity index (χ0n) is 20.5. The summed E-state index contributed by atoms with van der Waals surface area (Å²) in [4.78, 5) is 4.54. The van der Waals surface area contributed by atoms with E-state index < -0.39 is 22.6 Å². The maximum Gasteiger partial charge on any atom is 0.394 e. The molecule has 0 fully saturated rings. The van der Waals surface area contributed by atoms with Crippen LogP contribution in [0.15, 0.2) is 60.9 Å². The summed E-state index contributed by atoms with van der Waals surface area (Å²) in [7, 11) is -3.67. The van der Waals surface area contributed by atoms with Gasteiger partial charge in [-0.15, -0.1) is 0 Å². The summed E-state index contributed by atoms with van der Waals surface area (Å²) in [5, 5.41) is 7.73. The minimum Gasteiger partial charge on any atom is -0.363 e. The highest BCUT2D eigenvalue weighted by Crippen LogP contribution is 2.32. The predicted molar refractivity (Wildman–Crippen MR) is 138 cm³/mol. The van der Waals surface area contributed by atoms with Crippen LogP contribution < -0.4 is 9.62 Å². The Kier molecular flexibility index (Phi) is 6.79. The van der Waals surface area contributed by atoms with Gasteiger partial charge in [0.25, 0.3) is 0 Å². The van der Waals surface area contributed by atoms with Gasteiger partial charge in [-0.1, -0.05) is 30.2 Å². The molecule has 4 aromatic rings. The Hall–Kier alpha value is -3.98. The molecule has 1 aliphatic heterocycles. The molecule has 0 amide bonds. The SMILES string of the molecule is CS(=O)(=O)N(CC#Cc1nc2c(C3CCCn4nccc4N3)cccn2c1CC(F)(F)F)c1ccccc1. The summed E-state index contributed by atoms with van der Waals surface area (Å²) in [5.41, 5.74) is 1.42. The van der Waals surface area contributed by atoms with E-state index in [2.05, 4.69) is 27.2 Å². The van der Waals surface area contributed by atoms with Gasteiger partial charge in [0.05, 0.1) is 42.8 Å². The summed E-state index contributed by atoms with van der Waals surface area (Å²) in [5.74, 6) is 6.30. The Labute approximate surface area is 218 Å². The fourth-order valence-corrected chi connectivity index (χ4v) is 5.42. The van der Waals surface area contributed by atoms with Crippen molar-refractivity contribution in [3.05, 3.63) is 77.9 Å². The zero-order valence-corrected chi connectivity index (χ0v) is 21.3. The largest absolute Gasteiger partial charge is 0.394 e. The Morgan fingerprint density at radius 3 is 2.68 bits per heavy atom. The number of hydrogen-bond donors (Lipinski definition) is 1. The molecule has 38 heavy (non-hydrogen) atoms. The second-order valence-corrected chi connectivity index (χ2v) is 10.9. The average molecular weight is 543 g/mol. The molecule has 4 heterocycles. The normalized spacial score (nSPS) is 15.7. The Bertz CT molecular complexity index is 1620. The van der Waals surface area contributed by atoms with E-state index in [9.17, 15) is 21.6 Å². The number of nitrogens with one attached hydrogen (secondary N) is 1. The third kappa shape index (κ3) is 5.47. The van der Waals surface area contributed by atoms with Crippen molar-refractivity contribution in [1.29, 1.82) is 0 Å². The average Bonchev–Trinajstić information content (AvgIpc) is 3.38. The summed E-state index contributed by atoms with van der Waals surface area (Å²) >= 11 is 0. The molecule has 0 radical (unpaired) electrons. The van der Waals surface area contributed by atoms with Crippen LogP contribution >= 0.6 is 0 Å². The van der Waals surface area contributed by atoms with Crippen LogP contribution in [0.25, 0.3) is 5.65 Å². The minimum absolute atomic E-state index is 0.0325. The number of nitrogens with zero attached hydrogens (tertiary/aromatic N) is 5. The number of pyridine rings is 1. The summed E-state index contributed by atoms with van der Waals surface area (Å²) in [6, 6.07) is 13.6. The molecule has 5 rings (SSSR count). The molecule has 3 aromatic heterocycles. The van der Waals surface area contributed by atoms with Gasteiger partial charge in [-0.3, -0.25) is 4.31 Å². The van der Waals surface area contributed by atoms with Gasteiger partial charge >= 0.3 is 6.18 Å². The van der Waals surface area contributed by atoms with E-state index in [1.54, 1.807) is 48.8 Å². The van der Waals surface area contributed by atoms with Crippen LogP contribution in [-0.4, -0.2) is 46.6 Å². The first kappa shape index (κ1) is 25.7. The van der Waals surface area contributed by atoms with Crippen molar-refractivity contribution >= 4 is 27.2 Å². The van der Waals surface area contributed by atoms with Crippen LogP contribution in [0.1, 0.15) is 35.8 Å². The number of benzene rings is 1. The van der Waals surface area contributed by atoms with Crippen molar-refractivity contribution in [2.24, 2.45) is 0 Å². The fraction of sp³-hybridized carbons (Fsp3) is 0.308. The number of hydrogen-bond acceptors (Lipinski definition) is 5. The summed E-state index contributed by atoms with van der Waals surface area (Å²) in [6.07, 6.45) is 0.165. The van der Waals surface area contributed by atoms with Gasteiger partial charge in [-0.25, -0.2) is 18.1 Å². The second kappa shape index (κ2) is 10.1. The molecule has 0 saturated heterocycles. The van der Waals surface area contributed by atoms with E-state index >= 15 is 0 Å². The molecule has 0 saturated carbocycles. The molecule has 198 valence electrons. The topological polar surface area (TPSA) is 84.5 Å². The van der Waals surface area contributed by atoms with Crippen molar-refractivity contribution in [3.8, 4) is 11.8 Å². The van der Waals surface area contributed by atoms with Gasteiger partial charge in [0, 0.05) is 24.4 Å². The number of sulfonamides is 1. The van der Waals surface area contributed by atoms with Crippen LogP contribution in [0.3, 0.4) is 0 Å². The molecule has 0 bridgehead atoms. The number of anilines is 2. The first-order chi connectivity index (χ1) is 18.1. The molecule has 1 atom stereocenters. The van der Waals surface area contributed by atoms with E-state index in [1.165, 1.54) is 4.40 Å². The molecule has 0 aliphatic carbocycles. The lowest BCUT2D eigenvalue weighted by Crippen LogP contribution is -2.30. The van der Waals surface area contributed by atoms with Gasteiger partial charge in [-0.05, 0) is 37.0 Å². The van der Waals surface area contributed by atoms with Gasteiger partial charge in [0.15, 0.2) is 0 Å². The van der Waals surface area contributed by atoms with Crippen LogP contribution in [0, 0.1) is 11.8 Å². The molecular formula is C26H25F3N6O2S. The quantitative estimate of drug-likeness (QED) is 0.378. The predicted octanol–water partition coefficient (Wildman–Crippen LogP) is 4.40. The maximum absolute atomic E-state index is 13.6. The number of imidazole rings is 1. The molecule has 1 aromatic carbocycles. The lowest BCUT2D eigenvalue weighted by Gasteiger charge is -2.19. The lowest BCUT2D eigenvalue weighted by atomic mass is 10.0. The maximum atomic E-state index is 13.6. The van der Waals surface area contributed by atoms with Crippen LogP contribution in [0.5, 0.6) is 0 Å². The second-order valence-electron chi connectivity index (χ2n) is 9.04. The molecule has 0 spiro atoms. The van der Waals surface area contributed by atoms with Gasteiger partial charge < -0.3 is 9.72 Å². The third-order valence-corrected chi connectivity index (χ3v) is 7.44. The Morgan fingerprint density at radius 1 is 1.16 bits per heavy atom. The third-order valence-electron chi connectivity index (χ3n) is 6.30. The zero-order chi connectivity index (χ0) is 26.9. The van der Waals surface area contributed by atoms with Crippen LogP contribution in [0.2, 0.25) is 0 Å². The number of para-hydroxylation sites is 1. The van der Waals surface area contributed by atoms with Crippen molar-refractivity contribution in [3.63, 3.8) is 0 Å². The van der Waals surface area contributed by atoms with E-state index in [-0.39, 0.29) is 24.0 Å². The van der Waals surface area contributed by atoms with Crippen molar-refractivity contribution in [1.82, 2.24) is 19.2 Å². The number of halogens is 3. The summed E-state index contributed by atoms with van der Waals surface area (Å²) < 4.78 is 69.9. The van der Waals surface area contributed by atoms with E-state index in [0.717, 1.165) is 41.3 Å². The first-order valence-electron chi connectivity index (χ1n) is 12.0. The molecule has 1 unspecified atom stereocenters. The molecule has 1 aliphatic rings. The fourth-order valence-electron chi connectivity index (χ4n) is 4.62. The smallest absolute Gasteiger partial charge is 0.363 e. The number of aromatic nitrogens is 4. The number of fused-ring (bicyclic) bond motifs is 2. The standard InChI is InChI=1S/C26H25F3N6O2S/c1-38(36,37)35(19-8-3-2-4-9-19)17-7-12-22-23(18-26(27,28)29)33-15-5-10-20(25(33)32-22)21-11-6-16-34-24(31-21)13-14-30-34/h2-5,8-10,13-15,21,31H,6,11,16-18H2,1H3. The Morgan fingerprint density at radius 2 is 1.95 bits per heavy atom. The number of rotatable bonds is 5. The minimum atomic E-state index is -4.49. The van der Waals surface area contributed by atoms with Gasteiger partial charge in [0.1, 0.15) is 17.2 Å². The van der Waals surface area contributed by atoms with Gasteiger partial charge in [-0.2, -0.15) is 18.3 Å². The monoisotopic (exact) mass is 542 g/mol. The van der Waals surface area contributed by atoms with E-state index in [1.807, 2.05) is 16.8 Å². The lowest BCUT2D eigenvalue weighted by molar-refractivity contribution is -0.128. The first-order valence-corrected chi connectivity index (χ1v) is 13.8.